The van der Waals surface area contributed by atoms with Crippen LogP contribution in [-0.4, -0.2) is 45.3 Å². The van der Waals surface area contributed by atoms with Gasteiger partial charge in [0.05, 0.1) is 0 Å². The van der Waals surface area contributed by atoms with Gasteiger partial charge in [0, 0.05) is 0 Å². The molecule has 0 amide bonds. The first-order chi connectivity index (χ1) is 4.45. The van der Waals surface area contributed by atoms with Gasteiger partial charge < -0.3 is 0 Å². The molecular weight excluding hydrogens is 203 g/mol. The van der Waals surface area contributed by atoms with Crippen LogP contribution in [0.4, 0.5) is 0 Å². The number of rotatable bonds is 4. The Labute approximate surface area is 61.3 Å². The van der Waals surface area contributed by atoms with E-state index in [4.69, 9.17) is 18.4 Å². The molecule has 0 aromatic rings. The van der Waals surface area contributed by atoms with Crippen molar-refractivity contribution in [2.45, 2.75) is 17.7 Å². The molecule has 10 heavy (non-hydrogen) atoms. The van der Waals surface area contributed by atoms with Crippen LogP contribution in [0.2, 0.25) is 5.21 Å². The molecule has 0 aliphatic heterocycles. The summed E-state index contributed by atoms with van der Waals surface area (Å²) in [5.74, 6) is 0. The topological polar surface area (TPSA) is 98.0 Å². The zero-order valence-corrected chi connectivity index (χ0v) is 7.22. The molecule has 0 spiro atoms. The summed E-state index contributed by atoms with van der Waals surface area (Å²) in [6.45, 7) is -0.449. The van der Waals surface area contributed by atoms with Crippen LogP contribution in [0.1, 0.15) is 6.42 Å². The van der Waals surface area contributed by atoms with E-state index in [0.717, 1.165) is 0 Å². The van der Waals surface area contributed by atoms with E-state index < -0.39 is 26.9 Å². The van der Waals surface area contributed by atoms with Crippen molar-refractivity contribution in [2.75, 3.05) is 6.61 Å². The van der Waals surface area contributed by atoms with Crippen LogP contribution in [0.3, 0.4) is 0 Å². The Hall–Kier alpha value is 0.198. The van der Waals surface area contributed by atoms with Crippen molar-refractivity contribution in [3.63, 3.8) is 0 Å². The zero-order chi connectivity index (χ0) is 8.20. The first kappa shape index (κ1) is 10.2. The molecule has 0 saturated carbocycles. The summed E-state index contributed by atoms with van der Waals surface area (Å²) in [5, 5.41) is 16.6. The Bertz CT molecular complexity index is 130. The van der Waals surface area contributed by atoms with Crippen molar-refractivity contribution in [2.24, 2.45) is 0 Å². The molecule has 0 aromatic heterocycles. The molecule has 62 valence electrons. The Morgan fingerprint density at radius 2 is 1.90 bits per heavy atom. The van der Waals surface area contributed by atoms with E-state index in [1.54, 1.807) is 0 Å². The van der Waals surface area contributed by atoms with Crippen molar-refractivity contribution < 1.29 is 22.1 Å². The van der Waals surface area contributed by atoms with Gasteiger partial charge in [-0.1, -0.05) is 0 Å². The van der Waals surface area contributed by atoms with Gasteiger partial charge in [-0.3, -0.25) is 0 Å². The molecule has 1 atom stereocenters. The fourth-order valence-corrected chi connectivity index (χ4v) is 1.74. The average molecular weight is 214 g/mol. The maximum atomic E-state index is 10.2. The van der Waals surface area contributed by atoms with E-state index >= 15 is 0 Å². The summed E-state index contributed by atoms with van der Waals surface area (Å²) in [5.41, 5.74) is 0. The molecule has 0 saturated heterocycles. The molecule has 1 unspecified atom stereocenters. The SMILES string of the molecule is O=[As](O)(O)CCC(O)CO. The molecule has 0 rings (SSSR count). The summed E-state index contributed by atoms with van der Waals surface area (Å²) in [4.78, 5) is 0. The van der Waals surface area contributed by atoms with Crippen LogP contribution in [0, 0.1) is 0 Å². The average Bonchev–Trinajstić information content (AvgIpc) is 1.81. The van der Waals surface area contributed by atoms with Gasteiger partial charge in [-0.2, -0.15) is 0 Å². The van der Waals surface area contributed by atoms with Gasteiger partial charge in [-0.05, 0) is 0 Å². The van der Waals surface area contributed by atoms with Crippen LogP contribution in [-0.2, 0) is 3.74 Å². The van der Waals surface area contributed by atoms with E-state index in [1.165, 1.54) is 0 Å². The van der Waals surface area contributed by atoms with Gasteiger partial charge in [0.15, 0.2) is 0 Å². The maximum absolute atomic E-state index is 10.2. The molecule has 5 nitrogen and oxygen atoms in total. The zero-order valence-electron chi connectivity index (χ0n) is 5.34. The first-order valence-corrected chi connectivity index (χ1v) is 6.56. The summed E-state index contributed by atoms with van der Waals surface area (Å²) in [6.07, 6.45) is -1.05. The molecule has 4 N–H and O–H groups in total. The fourth-order valence-electron chi connectivity index (χ4n) is 0.408. The monoisotopic (exact) mass is 214 g/mol. The summed E-state index contributed by atoms with van der Waals surface area (Å²) >= 11 is -4.56. The third kappa shape index (κ3) is 6.32. The minimum absolute atomic E-state index is 0.0417. The third-order valence-electron chi connectivity index (χ3n) is 0.964. The van der Waals surface area contributed by atoms with E-state index in [1.807, 2.05) is 0 Å². The molecule has 0 bridgehead atoms. The van der Waals surface area contributed by atoms with Crippen molar-refractivity contribution in [3.05, 3.63) is 0 Å². The molecule has 0 heterocycles. The molecular formula is C4H11AsO5. The minimum atomic E-state index is -4.56. The second-order valence-electron chi connectivity index (χ2n) is 2.01. The van der Waals surface area contributed by atoms with Gasteiger partial charge in [0.25, 0.3) is 0 Å². The second-order valence-corrected chi connectivity index (χ2v) is 5.74. The van der Waals surface area contributed by atoms with Crippen molar-refractivity contribution in [1.82, 2.24) is 0 Å². The quantitative estimate of drug-likeness (QED) is 0.409. The normalized spacial score (nSPS) is 15.2. The molecule has 0 fully saturated rings. The Kier molecular flexibility index (Phi) is 4.24. The third-order valence-corrected chi connectivity index (χ3v) is 2.73. The molecule has 0 radical (unpaired) electrons. The summed E-state index contributed by atoms with van der Waals surface area (Å²) in [7, 11) is 0. The van der Waals surface area contributed by atoms with Crippen LogP contribution in [0.15, 0.2) is 0 Å². The van der Waals surface area contributed by atoms with E-state index in [-0.39, 0.29) is 11.6 Å². The van der Waals surface area contributed by atoms with Gasteiger partial charge in [0.1, 0.15) is 0 Å². The fraction of sp³-hybridized carbons (Fsp3) is 1.00. The second kappa shape index (κ2) is 4.15. The van der Waals surface area contributed by atoms with Gasteiger partial charge >= 0.3 is 60.7 Å². The van der Waals surface area contributed by atoms with Gasteiger partial charge in [0.2, 0.25) is 0 Å². The summed E-state index contributed by atoms with van der Waals surface area (Å²) < 4.78 is 26.9. The van der Waals surface area contributed by atoms with Gasteiger partial charge in [-0.15, -0.1) is 0 Å². The predicted octanol–water partition coefficient (Wildman–Crippen LogP) is -1.92. The Balaban J connectivity index is 3.46. The Morgan fingerprint density at radius 3 is 2.20 bits per heavy atom. The standard InChI is InChI=1S/C4H11AsO5/c6-3-4(7)1-2-5(8,9)10/h4,6-7H,1-3H2,(H2,8,9,10). The van der Waals surface area contributed by atoms with Crippen LogP contribution in [0.25, 0.3) is 0 Å². The van der Waals surface area contributed by atoms with E-state index in [2.05, 4.69) is 0 Å². The number of aliphatic hydroxyl groups is 2. The first-order valence-electron chi connectivity index (χ1n) is 2.79. The molecule has 6 heteroatoms. The van der Waals surface area contributed by atoms with Gasteiger partial charge in [-0.25, -0.2) is 0 Å². The van der Waals surface area contributed by atoms with Crippen LogP contribution >= 0.6 is 0 Å². The van der Waals surface area contributed by atoms with Crippen molar-refractivity contribution >= 4 is 14.2 Å². The van der Waals surface area contributed by atoms with E-state index in [0.29, 0.717) is 0 Å². The Morgan fingerprint density at radius 1 is 1.40 bits per heavy atom. The van der Waals surface area contributed by atoms with E-state index in [9.17, 15) is 3.74 Å². The van der Waals surface area contributed by atoms with Crippen molar-refractivity contribution in [1.29, 1.82) is 0 Å². The summed E-state index contributed by atoms with van der Waals surface area (Å²) in [6, 6.07) is 0. The molecule has 0 aliphatic rings. The number of hydrogen-bond acceptors (Lipinski definition) is 3. The molecule has 0 aliphatic carbocycles. The van der Waals surface area contributed by atoms with Crippen LogP contribution < -0.4 is 0 Å². The van der Waals surface area contributed by atoms with Crippen molar-refractivity contribution in [3.8, 4) is 0 Å². The number of aliphatic hydroxyl groups excluding tert-OH is 2. The predicted molar refractivity (Wildman–Crippen MR) is 33.4 cm³/mol. The number of hydrogen-bond donors (Lipinski definition) is 4. The molecule has 0 aromatic carbocycles. The van der Waals surface area contributed by atoms with Crippen LogP contribution in [0.5, 0.6) is 0 Å².